The Morgan fingerprint density at radius 3 is 2.78 bits per heavy atom. The Morgan fingerprint density at radius 1 is 1.61 bits per heavy atom. The molecule has 1 heterocycles. The molecule has 0 saturated carbocycles. The topological polar surface area (TPSA) is 46.6 Å². The lowest BCUT2D eigenvalue weighted by molar-refractivity contribution is -0.151. The maximum atomic E-state index is 12.3. The zero-order valence-corrected chi connectivity index (χ0v) is 11.5. The minimum Gasteiger partial charge on any atom is -0.467 e. The van der Waals surface area contributed by atoms with Crippen molar-refractivity contribution in [3.63, 3.8) is 0 Å². The lowest BCUT2D eigenvalue weighted by Crippen LogP contribution is -2.43. The van der Waals surface area contributed by atoms with Crippen molar-refractivity contribution in [2.45, 2.75) is 39.2 Å². The predicted molar refractivity (Wildman–Crippen MR) is 69.9 cm³/mol. The number of methoxy groups -OCH3 is 1. The van der Waals surface area contributed by atoms with Crippen LogP contribution >= 0.6 is 0 Å². The van der Waals surface area contributed by atoms with E-state index in [2.05, 4.69) is 20.4 Å². The summed E-state index contributed by atoms with van der Waals surface area (Å²) < 4.78 is 4.76. The van der Waals surface area contributed by atoms with Gasteiger partial charge in [0.2, 0.25) is 5.91 Å². The van der Waals surface area contributed by atoms with E-state index in [1.807, 2.05) is 0 Å². The number of carbonyl (C=O) groups is 2. The van der Waals surface area contributed by atoms with Crippen LogP contribution in [0.2, 0.25) is 0 Å². The van der Waals surface area contributed by atoms with Crippen molar-refractivity contribution >= 4 is 11.9 Å². The first kappa shape index (κ1) is 14.7. The Hall–Kier alpha value is -1.32. The fourth-order valence-electron chi connectivity index (χ4n) is 2.50. The third kappa shape index (κ3) is 3.34. The highest BCUT2D eigenvalue weighted by Crippen LogP contribution is 2.27. The molecule has 0 aromatic heterocycles. The molecule has 1 amide bonds. The number of hydrogen-bond acceptors (Lipinski definition) is 3. The fourth-order valence-corrected chi connectivity index (χ4v) is 2.50. The molecule has 0 radical (unpaired) electrons. The van der Waals surface area contributed by atoms with Gasteiger partial charge in [0.05, 0.1) is 7.11 Å². The number of esters is 1. The molecule has 2 atom stereocenters. The van der Waals surface area contributed by atoms with Crippen LogP contribution in [0.25, 0.3) is 0 Å². The normalized spacial score (nSPS) is 21.2. The third-order valence-electron chi connectivity index (χ3n) is 3.35. The van der Waals surface area contributed by atoms with Crippen molar-refractivity contribution in [3.05, 3.63) is 12.7 Å². The van der Waals surface area contributed by atoms with E-state index in [-0.39, 0.29) is 17.8 Å². The molecule has 0 aliphatic carbocycles. The number of ether oxygens (including phenoxy) is 1. The number of carbonyl (C=O) groups excluding carboxylic acids is 2. The summed E-state index contributed by atoms with van der Waals surface area (Å²) in [5, 5.41) is 0. The summed E-state index contributed by atoms with van der Waals surface area (Å²) in [7, 11) is 1.35. The van der Waals surface area contributed by atoms with Crippen molar-refractivity contribution < 1.29 is 14.3 Å². The second-order valence-corrected chi connectivity index (χ2v) is 5.21. The minimum absolute atomic E-state index is 0.0574. The van der Waals surface area contributed by atoms with Crippen LogP contribution in [-0.2, 0) is 14.3 Å². The number of amides is 1. The van der Waals surface area contributed by atoms with Gasteiger partial charge in [-0.15, -0.1) is 6.58 Å². The lowest BCUT2D eigenvalue weighted by atomic mass is 9.96. The molecule has 102 valence electrons. The molecule has 1 aliphatic rings. The SMILES string of the molecule is C=CC[C@@H](C(=O)OC)N1CC[C@H](CC(C)C)C1=O. The van der Waals surface area contributed by atoms with Crippen LogP contribution in [0.4, 0.5) is 0 Å². The molecule has 0 unspecified atom stereocenters. The van der Waals surface area contributed by atoms with Crippen molar-refractivity contribution in [2.75, 3.05) is 13.7 Å². The second kappa shape index (κ2) is 6.57. The maximum absolute atomic E-state index is 12.3. The fraction of sp³-hybridized carbons (Fsp3) is 0.714. The summed E-state index contributed by atoms with van der Waals surface area (Å²) >= 11 is 0. The van der Waals surface area contributed by atoms with E-state index in [4.69, 9.17) is 4.74 Å². The molecule has 0 N–H and O–H groups in total. The van der Waals surface area contributed by atoms with Crippen LogP contribution in [0.3, 0.4) is 0 Å². The van der Waals surface area contributed by atoms with Crippen LogP contribution < -0.4 is 0 Å². The van der Waals surface area contributed by atoms with E-state index in [0.717, 1.165) is 12.8 Å². The quantitative estimate of drug-likeness (QED) is 0.537. The van der Waals surface area contributed by atoms with Crippen molar-refractivity contribution in [1.82, 2.24) is 4.90 Å². The number of likely N-dealkylation sites (tertiary alicyclic amines) is 1. The van der Waals surface area contributed by atoms with Gasteiger partial charge in [-0.3, -0.25) is 4.79 Å². The lowest BCUT2D eigenvalue weighted by Gasteiger charge is -2.25. The molecule has 1 aliphatic heterocycles. The van der Waals surface area contributed by atoms with Crippen LogP contribution in [0.15, 0.2) is 12.7 Å². The number of rotatable bonds is 6. The van der Waals surface area contributed by atoms with Crippen molar-refractivity contribution in [3.8, 4) is 0 Å². The van der Waals surface area contributed by atoms with Gasteiger partial charge in [-0.2, -0.15) is 0 Å². The summed E-state index contributed by atoms with van der Waals surface area (Å²) in [6, 6.07) is -0.503. The summed E-state index contributed by atoms with van der Waals surface area (Å²) in [6.07, 6.45) is 3.83. The van der Waals surface area contributed by atoms with Gasteiger partial charge in [-0.1, -0.05) is 19.9 Å². The summed E-state index contributed by atoms with van der Waals surface area (Å²) in [5.74, 6) is 0.284. The Balaban J connectivity index is 2.73. The van der Waals surface area contributed by atoms with Gasteiger partial charge >= 0.3 is 5.97 Å². The van der Waals surface area contributed by atoms with E-state index in [0.29, 0.717) is 18.9 Å². The summed E-state index contributed by atoms with van der Waals surface area (Å²) in [4.78, 5) is 25.6. The first-order chi connectivity index (χ1) is 8.51. The van der Waals surface area contributed by atoms with Gasteiger partial charge in [-0.05, 0) is 25.2 Å². The van der Waals surface area contributed by atoms with E-state index in [1.165, 1.54) is 7.11 Å². The Morgan fingerprint density at radius 2 is 2.28 bits per heavy atom. The van der Waals surface area contributed by atoms with E-state index < -0.39 is 6.04 Å². The molecule has 1 saturated heterocycles. The molecule has 4 heteroatoms. The molecule has 1 rings (SSSR count). The van der Waals surface area contributed by atoms with Crippen molar-refractivity contribution in [2.24, 2.45) is 11.8 Å². The highest BCUT2D eigenvalue weighted by molar-refractivity contribution is 5.87. The molecular formula is C14H23NO3. The summed E-state index contributed by atoms with van der Waals surface area (Å²) in [6.45, 7) is 8.50. The van der Waals surface area contributed by atoms with Gasteiger partial charge in [0.25, 0.3) is 0 Å². The monoisotopic (exact) mass is 253 g/mol. The minimum atomic E-state index is -0.503. The predicted octanol–water partition coefficient (Wildman–Crippen LogP) is 2.00. The van der Waals surface area contributed by atoms with Gasteiger partial charge in [0, 0.05) is 12.5 Å². The van der Waals surface area contributed by atoms with Crippen LogP contribution in [0.1, 0.15) is 33.1 Å². The largest absolute Gasteiger partial charge is 0.467 e. The molecule has 18 heavy (non-hydrogen) atoms. The second-order valence-electron chi connectivity index (χ2n) is 5.21. The first-order valence-electron chi connectivity index (χ1n) is 6.50. The molecule has 4 nitrogen and oxygen atoms in total. The van der Waals surface area contributed by atoms with E-state index >= 15 is 0 Å². The highest BCUT2D eigenvalue weighted by Gasteiger charge is 2.38. The van der Waals surface area contributed by atoms with Crippen molar-refractivity contribution in [1.29, 1.82) is 0 Å². The third-order valence-corrected chi connectivity index (χ3v) is 3.35. The Labute approximate surface area is 109 Å². The van der Waals surface area contributed by atoms with Gasteiger partial charge in [0.15, 0.2) is 0 Å². The maximum Gasteiger partial charge on any atom is 0.328 e. The molecule has 1 fully saturated rings. The Bertz CT molecular complexity index is 325. The van der Waals surface area contributed by atoms with Gasteiger partial charge in [-0.25, -0.2) is 4.79 Å². The first-order valence-corrected chi connectivity index (χ1v) is 6.50. The average Bonchev–Trinajstić information content (AvgIpc) is 2.66. The molecule has 0 spiro atoms. The zero-order chi connectivity index (χ0) is 13.7. The van der Waals surface area contributed by atoms with Crippen LogP contribution in [0.5, 0.6) is 0 Å². The van der Waals surface area contributed by atoms with Crippen LogP contribution in [0, 0.1) is 11.8 Å². The number of hydrogen-bond donors (Lipinski definition) is 0. The zero-order valence-electron chi connectivity index (χ0n) is 11.5. The molecule has 0 bridgehead atoms. The highest BCUT2D eigenvalue weighted by atomic mass is 16.5. The van der Waals surface area contributed by atoms with Gasteiger partial charge < -0.3 is 9.64 Å². The van der Waals surface area contributed by atoms with E-state index in [9.17, 15) is 9.59 Å². The van der Waals surface area contributed by atoms with Crippen LogP contribution in [-0.4, -0.2) is 36.5 Å². The van der Waals surface area contributed by atoms with Gasteiger partial charge in [0.1, 0.15) is 6.04 Å². The number of nitrogens with zero attached hydrogens (tertiary/aromatic N) is 1. The molecular weight excluding hydrogens is 230 g/mol. The average molecular weight is 253 g/mol. The molecule has 0 aromatic carbocycles. The summed E-state index contributed by atoms with van der Waals surface area (Å²) in [5.41, 5.74) is 0. The molecule has 0 aromatic rings. The van der Waals surface area contributed by atoms with E-state index in [1.54, 1.807) is 11.0 Å². The standard InChI is InChI=1S/C14H23NO3/c1-5-6-12(14(17)18-4)15-8-7-11(13(15)16)9-10(2)3/h5,10-12H,1,6-9H2,2-4H3/t11-,12+/m1/s1. The Kier molecular flexibility index (Phi) is 5.38. The smallest absolute Gasteiger partial charge is 0.328 e.